The summed E-state index contributed by atoms with van der Waals surface area (Å²) in [6.07, 6.45) is 3.08. The molecular weight excluding hydrogens is 402 g/mol. The molecule has 156 valence electrons. The number of aromatic nitrogens is 2. The number of anilines is 2. The lowest BCUT2D eigenvalue weighted by Gasteiger charge is -2.32. The number of rotatable bonds is 4. The second kappa shape index (κ2) is 8.55. The lowest BCUT2D eigenvalue weighted by Crippen LogP contribution is -2.46. The van der Waals surface area contributed by atoms with Crippen molar-refractivity contribution in [2.24, 2.45) is 0 Å². The predicted octanol–water partition coefficient (Wildman–Crippen LogP) is 3.54. The molecule has 30 heavy (non-hydrogen) atoms. The number of carbonyl (C=O) groups excluding carboxylic acids is 1. The molecule has 8 nitrogen and oxygen atoms in total. The standard InChI is InChI=1S/C21H23N5O3S/c27-21(29-20-19-18(7-14-30-19)22-15-23-20)26(25-8-1-2-9-25)17-5-3-16(4-6-17)24-10-12-28-13-11-24/h3-7,14-15H,1-2,8-13H2. The van der Waals surface area contributed by atoms with E-state index in [0.29, 0.717) is 5.88 Å². The fraction of sp³-hybridized carbons (Fsp3) is 0.381. The van der Waals surface area contributed by atoms with Crippen LogP contribution in [0.25, 0.3) is 10.2 Å². The molecular formula is C21H23N5O3S. The number of nitrogens with zero attached hydrogens (tertiary/aromatic N) is 5. The first-order valence-corrected chi connectivity index (χ1v) is 11.1. The van der Waals surface area contributed by atoms with Gasteiger partial charge in [0.2, 0.25) is 5.88 Å². The van der Waals surface area contributed by atoms with Crippen molar-refractivity contribution >= 4 is 39.0 Å². The van der Waals surface area contributed by atoms with Crippen molar-refractivity contribution in [1.29, 1.82) is 0 Å². The van der Waals surface area contributed by atoms with Crippen molar-refractivity contribution in [2.75, 3.05) is 49.3 Å². The summed E-state index contributed by atoms with van der Waals surface area (Å²) in [5, 5.41) is 5.59. The smallest absolute Gasteiger partial charge is 0.388 e. The van der Waals surface area contributed by atoms with Gasteiger partial charge in [0, 0.05) is 31.9 Å². The molecule has 1 aromatic carbocycles. The van der Waals surface area contributed by atoms with E-state index in [2.05, 4.69) is 27.0 Å². The summed E-state index contributed by atoms with van der Waals surface area (Å²) in [5.74, 6) is 0.300. The van der Waals surface area contributed by atoms with Crippen molar-refractivity contribution in [1.82, 2.24) is 15.0 Å². The minimum Gasteiger partial charge on any atom is -0.388 e. The van der Waals surface area contributed by atoms with Gasteiger partial charge in [-0.1, -0.05) is 0 Å². The maximum Gasteiger partial charge on any atom is 0.436 e. The van der Waals surface area contributed by atoms with Crippen LogP contribution >= 0.6 is 11.3 Å². The molecule has 0 aliphatic carbocycles. The van der Waals surface area contributed by atoms with Crippen LogP contribution in [-0.2, 0) is 4.74 Å². The number of hydrazine groups is 1. The fourth-order valence-corrected chi connectivity index (χ4v) is 4.65. The van der Waals surface area contributed by atoms with Gasteiger partial charge < -0.3 is 14.4 Å². The van der Waals surface area contributed by atoms with Crippen LogP contribution < -0.4 is 14.6 Å². The average molecular weight is 426 g/mol. The number of benzene rings is 1. The molecule has 4 heterocycles. The van der Waals surface area contributed by atoms with Gasteiger partial charge in [-0.05, 0) is 48.6 Å². The summed E-state index contributed by atoms with van der Waals surface area (Å²) in [4.78, 5) is 23.9. The minimum atomic E-state index is -0.454. The van der Waals surface area contributed by atoms with E-state index in [9.17, 15) is 4.79 Å². The second-order valence-corrected chi connectivity index (χ2v) is 8.19. The molecule has 2 aromatic heterocycles. The van der Waals surface area contributed by atoms with E-state index in [-0.39, 0.29) is 0 Å². The number of thiophene rings is 1. The van der Waals surface area contributed by atoms with E-state index in [0.717, 1.165) is 73.8 Å². The Morgan fingerprint density at radius 3 is 2.57 bits per heavy atom. The lowest BCUT2D eigenvalue weighted by molar-refractivity contribution is 0.122. The third-order valence-corrected chi connectivity index (χ3v) is 6.29. The second-order valence-electron chi connectivity index (χ2n) is 7.27. The van der Waals surface area contributed by atoms with Gasteiger partial charge >= 0.3 is 6.09 Å². The number of hydrogen-bond donors (Lipinski definition) is 0. The molecule has 0 saturated carbocycles. The summed E-state index contributed by atoms with van der Waals surface area (Å²) < 4.78 is 11.9. The zero-order valence-electron chi connectivity index (χ0n) is 16.6. The third-order valence-electron chi connectivity index (χ3n) is 5.40. The van der Waals surface area contributed by atoms with Gasteiger partial charge in [-0.15, -0.1) is 11.3 Å². The minimum absolute atomic E-state index is 0.300. The zero-order chi connectivity index (χ0) is 20.3. The molecule has 0 spiro atoms. The van der Waals surface area contributed by atoms with Crippen LogP contribution in [0.5, 0.6) is 5.88 Å². The van der Waals surface area contributed by atoms with Crippen molar-refractivity contribution in [3.05, 3.63) is 42.0 Å². The van der Waals surface area contributed by atoms with Crippen molar-refractivity contribution in [2.45, 2.75) is 12.8 Å². The predicted molar refractivity (Wildman–Crippen MR) is 116 cm³/mol. The summed E-state index contributed by atoms with van der Waals surface area (Å²) in [7, 11) is 0. The molecule has 0 N–H and O–H groups in total. The van der Waals surface area contributed by atoms with Gasteiger partial charge in [0.15, 0.2) is 0 Å². The Kier molecular flexibility index (Phi) is 5.48. The van der Waals surface area contributed by atoms with Crippen LogP contribution in [0.3, 0.4) is 0 Å². The van der Waals surface area contributed by atoms with Crippen LogP contribution in [0, 0.1) is 0 Å². The molecule has 2 fully saturated rings. The number of morpholine rings is 1. The van der Waals surface area contributed by atoms with Gasteiger partial charge in [0.1, 0.15) is 11.0 Å². The Labute approximate surface area is 178 Å². The van der Waals surface area contributed by atoms with Crippen molar-refractivity contribution in [3.8, 4) is 5.88 Å². The van der Waals surface area contributed by atoms with Crippen LogP contribution in [-0.4, -0.2) is 60.5 Å². The monoisotopic (exact) mass is 425 g/mol. The molecule has 1 amide bonds. The number of fused-ring (bicyclic) bond motifs is 1. The van der Waals surface area contributed by atoms with E-state index in [4.69, 9.17) is 9.47 Å². The number of carbonyl (C=O) groups is 1. The Morgan fingerprint density at radius 2 is 1.80 bits per heavy atom. The molecule has 2 aliphatic heterocycles. The summed E-state index contributed by atoms with van der Waals surface area (Å²) in [6, 6.07) is 9.95. The normalized spacial score (nSPS) is 17.4. The molecule has 0 atom stereocenters. The Morgan fingerprint density at radius 1 is 1.03 bits per heavy atom. The molecule has 0 radical (unpaired) electrons. The largest absolute Gasteiger partial charge is 0.436 e. The Balaban J connectivity index is 1.40. The van der Waals surface area contributed by atoms with Crippen LogP contribution in [0.4, 0.5) is 16.2 Å². The number of amides is 1. The van der Waals surface area contributed by atoms with E-state index in [1.807, 2.05) is 28.6 Å². The van der Waals surface area contributed by atoms with Gasteiger partial charge in [0.05, 0.1) is 24.4 Å². The van der Waals surface area contributed by atoms with E-state index in [1.54, 1.807) is 5.01 Å². The number of ether oxygens (including phenoxy) is 2. The molecule has 9 heteroatoms. The highest BCUT2D eigenvalue weighted by molar-refractivity contribution is 7.17. The van der Waals surface area contributed by atoms with Crippen LogP contribution in [0.2, 0.25) is 0 Å². The van der Waals surface area contributed by atoms with Crippen LogP contribution in [0.1, 0.15) is 12.8 Å². The number of hydrogen-bond acceptors (Lipinski definition) is 8. The first-order chi connectivity index (χ1) is 14.8. The first-order valence-electron chi connectivity index (χ1n) is 10.2. The van der Waals surface area contributed by atoms with Crippen molar-refractivity contribution in [3.63, 3.8) is 0 Å². The summed E-state index contributed by atoms with van der Waals surface area (Å²) in [5.41, 5.74) is 2.70. The maximum absolute atomic E-state index is 13.2. The molecule has 2 saturated heterocycles. The summed E-state index contributed by atoms with van der Waals surface area (Å²) in [6.45, 7) is 4.87. The average Bonchev–Trinajstić information content (AvgIpc) is 3.48. The van der Waals surface area contributed by atoms with E-state index in [1.165, 1.54) is 17.7 Å². The lowest BCUT2D eigenvalue weighted by atomic mass is 10.2. The first kappa shape index (κ1) is 19.2. The van der Waals surface area contributed by atoms with Gasteiger partial charge in [-0.25, -0.2) is 24.8 Å². The SMILES string of the molecule is O=C(Oc1ncnc2ccsc12)N(c1ccc(N2CCOCC2)cc1)N1CCCC1. The fourth-order valence-electron chi connectivity index (χ4n) is 3.88. The maximum atomic E-state index is 13.2. The molecule has 0 unspecified atom stereocenters. The quantitative estimate of drug-likeness (QED) is 0.633. The van der Waals surface area contributed by atoms with Gasteiger partial charge in [-0.2, -0.15) is 0 Å². The molecule has 5 rings (SSSR count). The zero-order valence-corrected chi connectivity index (χ0v) is 17.4. The van der Waals surface area contributed by atoms with Crippen molar-refractivity contribution < 1.29 is 14.3 Å². The highest BCUT2D eigenvalue weighted by Crippen LogP contribution is 2.29. The Bertz CT molecular complexity index is 1010. The topological polar surface area (TPSA) is 71.0 Å². The highest BCUT2D eigenvalue weighted by atomic mass is 32.1. The Hall–Kier alpha value is -2.75. The van der Waals surface area contributed by atoms with E-state index >= 15 is 0 Å². The van der Waals surface area contributed by atoms with E-state index < -0.39 is 6.09 Å². The summed E-state index contributed by atoms with van der Waals surface area (Å²) >= 11 is 1.46. The third kappa shape index (κ3) is 3.83. The molecule has 0 bridgehead atoms. The van der Waals surface area contributed by atoms with Gasteiger partial charge in [-0.3, -0.25) is 0 Å². The molecule has 3 aromatic rings. The highest BCUT2D eigenvalue weighted by Gasteiger charge is 2.29. The molecule has 2 aliphatic rings. The van der Waals surface area contributed by atoms with Gasteiger partial charge in [0.25, 0.3) is 0 Å². The van der Waals surface area contributed by atoms with Crippen LogP contribution in [0.15, 0.2) is 42.0 Å².